The Labute approximate surface area is 134 Å². The summed E-state index contributed by atoms with van der Waals surface area (Å²) in [5.41, 5.74) is 3.81. The summed E-state index contributed by atoms with van der Waals surface area (Å²) in [6.45, 7) is 5.22. The summed E-state index contributed by atoms with van der Waals surface area (Å²) in [6.07, 6.45) is 1.97. The van der Waals surface area contributed by atoms with Crippen molar-refractivity contribution in [3.63, 3.8) is 0 Å². The van der Waals surface area contributed by atoms with Gasteiger partial charge in [-0.3, -0.25) is 4.68 Å². The molecule has 20 heavy (non-hydrogen) atoms. The van der Waals surface area contributed by atoms with E-state index in [1.165, 1.54) is 20.5 Å². The fourth-order valence-corrected chi connectivity index (χ4v) is 2.76. The highest BCUT2D eigenvalue weighted by molar-refractivity contribution is 14.1. The van der Waals surface area contributed by atoms with Crippen LogP contribution in [0.5, 0.6) is 0 Å². The predicted molar refractivity (Wildman–Crippen MR) is 91.9 cm³/mol. The first-order valence-corrected chi connectivity index (χ1v) is 8.24. The molecule has 0 spiro atoms. The number of rotatable bonds is 6. The quantitative estimate of drug-likeness (QED) is 0.773. The zero-order valence-electron chi connectivity index (χ0n) is 12.4. The number of nitrogens with one attached hydrogen (secondary N) is 1. The average Bonchev–Trinajstić information content (AvgIpc) is 2.90. The summed E-state index contributed by atoms with van der Waals surface area (Å²) < 4.78 is 3.39. The van der Waals surface area contributed by atoms with Gasteiger partial charge >= 0.3 is 0 Å². The van der Waals surface area contributed by atoms with E-state index in [0.29, 0.717) is 6.04 Å². The SMILES string of the molecule is CCc1cc(C(Cc2ccc(I)cc2)NC)n(CC)n1. The van der Waals surface area contributed by atoms with E-state index in [9.17, 15) is 0 Å². The van der Waals surface area contributed by atoms with Crippen LogP contribution in [0.4, 0.5) is 0 Å². The molecule has 0 radical (unpaired) electrons. The molecular weight excluding hydrogens is 361 g/mol. The van der Waals surface area contributed by atoms with Gasteiger partial charge in [0.25, 0.3) is 0 Å². The van der Waals surface area contributed by atoms with Crippen molar-refractivity contribution in [2.45, 2.75) is 39.3 Å². The van der Waals surface area contributed by atoms with E-state index in [4.69, 9.17) is 0 Å². The fraction of sp³-hybridized carbons (Fsp3) is 0.438. The molecule has 0 aliphatic carbocycles. The molecule has 1 aromatic carbocycles. The van der Waals surface area contributed by atoms with Gasteiger partial charge in [0.1, 0.15) is 0 Å². The van der Waals surface area contributed by atoms with E-state index in [0.717, 1.165) is 19.4 Å². The Morgan fingerprint density at radius 2 is 1.95 bits per heavy atom. The summed E-state index contributed by atoms with van der Waals surface area (Å²) in [5, 5.41) is 8.08. The van der Waals surface area contributed by atoms with Crippen molar-refractivity contribution in [2.24, 2.45) is 0 Å². The second-order valence-electron chi connectivity index (χ2n) is 4.90. The highest BCUT2D eigenvalue weighted by atomic mass is 127. The summed E-state index contributed by atoms with van der Waals surface area (Å²) in [6, 6.07) is 11.3. The summed E-state index contributed by atoms with van der Waals surface area (Å²) >= 11 is 2.34. The van der Waals surface area contributed by atoms with Crippen LogP contribution in [0.3, 0.4) is 0 Å². The molecule has 0 aliphatic heterocycles. The molecule has 0 amide bonds. The Morgan fingerprint density at radius 3 is 2.50 bits per heavy atom. The van der Waals surface area contributed by atoms with Gasteiger partial charge < -0.3 is 5.32 Å². The van der Waals surface area contributed by atoms with Gasteiger partial charge in [-0.15, -0.1) is 0 Å². The summed E-state index contributed by atoms with van der Waals surface area (Å²) in [5.74, 6) is 0. The van der Waals surface area contributed by atoms with Crippen LogP contribution < -0.4 is 5.32 Å². The molecule has 0 bridgehead atoms. The van der Waals surface area contributed by atoms with Crippen LogP contribution in [0.25, 0.3) is 0 Å². The maximum absolute atomic E-state index is 4.65. The molecule has 1 unspecified atom stereocenters. The van der Waals surface area contributed by atoms with Gasteiger partial charge in [0.05, 0.1) is 17.4 Å². The molecule has 0 fully saturated rings. The van der Waals surface area contributed by atoms with Crippen molar-refractivity contribution in [3.8, 4) is 0 Å². The summed E-state index contributed by atoms with van der Waals surface area (Å²) in [7, 11) is 2.02. The van der Waals surface area contributed by atoms with Crippen LogP contribution in [0.1, 0.15) is 36.8 Å². The third-order valence-electron chi connectivity index (χ3n) is 3.58. The van der Waals surface area contributed by atoms with E-state index >= 15 is 0 Å². The van der Waals surface area contributed by atoms with Crippen LogP contribution in [0, 0.1) is 3.57 Å². The van der Waals surface area contributed by atoms with Crippen LogP contribution >= 0.6 is 22.6 Å². The number of likely N-dealkylation sites (N-methyl/N-ethyl adjacent to an activating group) is 1. The lowest BCUT2D eigenvalue weighted by Crippen LogP contribution is -2.22. The van der Waals surface area contributed by atoms with E-state index < -0.39 is 0 Å². The number of halogens is 1. The van der Waals surface area contributed by atoms with E-state index in [-0.39, 0.29) is 0 Å². The van der Waals surface area contributed by atoms with Gasteiger partial charge in [-0.2, -0.15) is 5.10 Å². The molecule has 1 N–H and O–H groups in total. The Morgan fingerprint density at radius 1 is 1.25 bits per heavy atom. The van der Waals surface area contributed by atoms with Crippen molar-refractivity contribution in [3.05, 3.63) is 50.9 Å². The Kier molecular flexibility index (Phi) is 5.60. The smallest absolute Gasteiger partial charge is 0.0625 e. The number of aromatic nitrogens is 2. The van der Waals surface area contributed by atoms with Gasteiger partial charge in [-0.25, -0.2) is 0 Å². The average molecular weight is 383 g/mol. The molecule has 4 heteroatoms. The highest BCUT2D eigenvalue weighted by Gasteiger charge is 2.16. The number of benzene rings is 1. The first-order chi connectivity index (χ1) is 9.67. The van der Waals surface area contributed by atoms with Gasteiger partial charge in [0, 0.05) is 10.1 Å². The largest absolute Gasteiger partial charge is 0.311 e. The molecule has 0 saturated heterocycles. The molecule has 1 atom stereocenters. The van der Waals surface area contributed by atoms with Crippen molar-refractivity contribution in [1.29, 1.82) is 0 Å². The molecule has 2 aromatic rings. The number of aryl methyl sites for hydroxylation is 2. The molecule has 0 aliphatic rings. The predicted octanol–water partition coefficient (Wildman–Crippen LogP) is 3.57. The molecule has 3 nitrogen and oxygen atoms in total. The Hall–Kier alpha value is -0.880. The zero-order valence-corrected chi connectivity index (χ0v) is 14.5. The van der Waals surface area contributed by atoms with Crippen molar-refractivity contribution in [2.75, 3.05) is 7.05 Å². The van der Waals surface area contributed by atoms with Crippen molar-refractivity contribution < 1.29 is 0 Å². The van der Waals surface area contributed by atoms with Crippen molar-refractivity contribution in [1.82, 2.24) is 15.1 Å². The third kappa shape index (κ3) is 3.61. The number of nitrogens with zero attached hydrogens (tertiary/aromatic N) is 2. The second kappa shape index (κ2) is 7.22. The normalized spacial score (nSPS) is 12.6. The maximum Gasteiger partial charge on any atom is 0.0625 e. The van der Waals surface area contributed by atoms with Gasteiger partial charge in [-0.1, -0.05) is 19.1 Å². The lowest BCUT2D eigenvalue weighted by atomic mass is 10.0. The van der Waals surface area contributed by atoms with Gasteiger partial charge in [0.2, 0.25) is 0 Å². The zero-order chi connectivity index (χ0) is 14.5. The van der Waals surface area contributed by atoms with Gasteiger partial charge in [0.15, 0.2) is 0 Å². The Balaban J connectivity index is 2.23. The third-order valence-corrected chi connectivity index (χ3v) is 4.30. The van der Waals surface area contributed by atoms with Crippen LogP contribution in [0.15, 0.2) is 30.3 Å². The summed E-state index contributed by atoms with van der Waals surface area (Å²) in [4.78, 5) is 0. The standard InChI is InChI=1S/C16H22IN3/c1-4-14-11-16(20(5-2)19-14)15(18-3)10-12-6-8-13(17)9-7-12/h6-9,11,15,18H,4-5,10H2,1-3H3. The first kappa shape index (κ1) is 15.5. The van der Waals surface area contributed by atoms with E-state index in [1.807, 2.05) is 7.05 Å². The van der Waals surface area contributed by atoms with Crippen molar-refractivity contribution >= 4 is 22.6 Å². The van der Waals surface area contributed by atoms with Crippen LogP contribution in [0.2, 0.25) is 0 Å². The van der Waals surface area contributed by atoms with Gasteiger partial charge in [-0.05, 0) is 73.2 Å². The molecule has 1 aromatic heterocycles. The second-order valence-corrected chi connectivity index (χ2v) is 6.15. The molecular formula is C16H22IN3. The fourth-order valence-electron chi connectivity index (χ4n) is 2.40. The minimum atomic E-state index is 0.308. The lowest BCUT2D eigenvalue weighted by molar-refractivity contribution is 0.512. The molecule has 1 heterocycles. The van der Waals surface area contributed by atoms with E-state index in [1.54, 1.807) is 0 Å². The first-order valence-electron chi connectivity index (χ1n) is 7.16. The van der Waals surface area contributed by atoms with E-state index in [2.05, 4.69) is 81.9 Å². The highest BCUT2D eigenvalue weighted by Crippen LogP contribution is 2.20. The maximum atomic E-state index is 4.65. The monoisotopic (exact) mass is 383 g/mol. The molecule has 108 valence electrons. The lowest BCUT2D eigenvalue weighted by Gasteiger charge is -2.17. The minimum Gasteiger partial charge on any atom is -0.311 e. The topological polar surface area (TPSA) is 29.9 Å². The van der Waals surface area contributed by atoms with Crippen LogP contribution in [-0.4, -0.2) is 16.8 Å². The number of hydrogen-bond acceptors (Lipinski definition) is 2. The van der Waals surface area contributed by atoms with Crippen LogP contribution in [-0.2, 0) is 19.4 Å². The number of hydrogen-bond donors (Lipinski definition) is 1. The Bertz CT molecular complexity index is 545. The molecule has 2 rings (SSSR count). The minimum absolute atomic E-state index is 0.308. The molecule has 0 saturated carbocycles.